The van der Waals surface area contributed by atoms with Crippen molar-refractivity contribution in [3.8, 4) is 0 Å². The summed E-state index contributed by atoms with van der Waals surface area (Å²) < 4.78 is 10.0. The second-order valence-corrected chi connectivity index (χ2v) is 4.91. The Morgan fingerprint density at radius 2 is 2.15 bits per heavy atom. The average Bonchev–Trinajstić information content (AvgIpc) is 2.40. The molecule has 1 heterocycles. The second kappa shape index (κ2) is 8.01. The summed E-state index contributed by atoms with van der Waals surface area (Å²) in [7, 11) is 1.35. The number of ether oxygens (including phenoxy) is 2. The number of nitrogens with one attached hydrogen (secondary N) is 1. The Kier molecular flexibility index (Phi) is 6.67. The van der Waals surface area contributed by atoms with Crippen LogP contribution in [0.15, 0.2) is 6.07 Å². The van der Waals surface area contributed by atoms with E-state index in [4.69, 9.17) is 21.1 Å². The Balaban J connectivity index is 2.89. The molecule has 1 rings (SSSR count). The summed E-state index contributed by atoms with van der Waals surface area (Å²) in [5.74, 6) is 0.644. The van der Waals surface area contributed by atoms with Crippen LogP contribution in [-0.4, -0.2) is 35.7 Å². The third-order valence-corrected chi connectivity index (χ3v) is 2.80. The van der Waals surface area contributed by atoms with E-state index < -0.39 is 6.04 Å². The molecule has 0 saturated carbocycles. The van der Waals surface area contributed by atoms with Crippen LogP contribution in [-0.2, 0) is 20.9 Å². The van der Waals surface area contributed by atoms with Gasteiger partial charge in [0, 0.05) is 12.7 Å². The lowest BCUT2D eigenvalue weighted by atomic mass is 10.0. The summed E-state index contributed by atoms with van der Waals surface area (Å²) in [6, 6.07) is 1.07. The number of rotatable bonds is 7. The first kappa shape index (κ1) is 16.7. The van der Waals surface area contributed by atoms with Crippen LogP contribution >= 0.6 is 11.6 Å². The number of esters is 1. The van der Waals surface area contributed by atoms with Crippen molar-refractivity contribution in [2.24, 2.45) is 5.92 Å². The van der Waals surface area contributed by atoms with Crippen molar-refractivity contribution in [1.82, 2.24) is 9.97 Å². The minimum absolute atomic E-state index is 0.0477. The maximum atomic E-state index is 11.7. The van der Waals surface area contributed by atoms with Crippen LogP contribution in [0.5, 0.6) is 0 Å². The average molecular weight is 302 g/mol. The molecule has 1 unspecified atom stereocenters. The topological polar surface area (TPSA) is 73.3 Å². The van der Waals surface area contributed by atoms with E-state index in [2.05, 4.69) is 15.3 Å². The van der Waals surface area contributed by atoms with E-state index >= 15 is 0 Å². The molecule has 0 aliphatic heterocycles. The SMILES string of the molecule is CCOCc1nc(Cl)cc(NC(C(=O)OC)C(C)C)n1. The smallest absolute Gasteiger partial charge is 0.328 e. The Hall–Kier alpha value is -1.40. The van der Waals surface area contributed by atoms with Gasteiger partial charge in [-0.25, -0.2) is 14.8 Å². The molecule has 0 radical (unpaired) electrons. The molecule has 0 aromatic carbocycles. The van der Waals surface area contributed by atoms with E-state index in [1.807, 2.05) is 20.8 Å². The van der Waals surface area contributed by atoms with E-state index in [1.165, 1.54) is 7.11 Å². The van der Waals surface area contributed by atoms with Crippen LogP contribution in [0.3, 0.4) is 0 Å². The van der Waals surface area contributed by atoms with Gasteiger partial charge in [-0.2, -0.15) is 0 Å². The highest BCUT2D eigenvalue weighted by Crippen LogP contribution is 2.16. The van der Waals surface area contributed by atoms with E-state index in [0.29, 0.717) is 23.4 Å². The van der Waals surface area contributed by atoms with Crippen LogP contribution in [0.4, 0.5) is 5.82 Å². The number of methoxy groups -OCH3 is 1. The summed E-state index contributed by atoms with van der Waals surface area (Å²) in [5, 5.41) is 3.32. The molecule has 0 fully saturated rings. The molecule has 112 valence electrons. The third-order valence-electron chi connectivity index (χ3n) is 2.60. The predicted molar refractivity (Wildman–Crippen MR) is 76.6 cm³/mol. The molecule has 0 aliphatic carbocycles. The minimum Gasteiger partial charge on any atom is -0.467 e. The number of hydrogen-bond acceptors (Lipinski definition) is 6. The fourth-order valence-corrected chi connectivity index (χ4v) is 1.78. The molecule has 6 nitrogen and oxygen atoms in total. The highest BCUT2D eigenvalue weighted by atomic mass is 35.5. The van der Waals surface area contributed by atoms with Gasteiger partial charge in [0.05, 0.1) is 7.11 Å². The summed E-state index contributed by atoms with van der Waals surface area (Å²) in [4.78, 5) is 20.0. The first-order chi connectivity index (χ1) is 9.47. The standard InChI is InChI=1S/C13H20ClN3O3/c1-5-20-7-11-15-9(14)6-10(16-11)17-12(8(2)3)13(18)19-4/h6,8,12H,5,7H2,1-4H3,(H,15,16,17). The van der Waals surface area contributed by atoms with Gasteiger partial charge in [0.1, 0.15) is 23.6 Å². The van der Waals surface area contributed by atoms with E-state index in [0.717, 1.165) is 0 Å². The van der Waals surface area contributed by atoms with Gasteiger partial charge < -0.3 is 14.8 Å². The Bertz CT molecular complexity index is 454. The highest BCUT2D eigenvalue weighted by molar-refractivity contribution is 6.29. The largest absolute Gasteiger partial charge is 0.467 e. The van der Waals surface area contributed by atoms with E-state index in [1.54, 1.807) is 6.07 Å². The minimum atomic E-state index is -0.495. The molecule has 1 aromatic heterocycles. The van der Waals surface area contributed by atoms with Crippen molar-refractivity contribution in [3.05, 3.63) is 17.0 Å². The lowest BCUT2D eigenvalue weighted by molar-refractivity contribution is -0.142. The van der Waals surface area contributed by atoms with Gasteiger partial charge in [0.15, 0.2) is 5.82 Å². The van der Waals surface area contributed by atoms with Crippen LogP contribution in [0.1, 0.15) is 26.6 Å². The fourth-order valence-electron chi connectivity index (χ4n) is 1.58. The summed E-state index contributed by atoms with van der Waals surface area (Å²) in [6.07, 6.45) is 0. The molecular weight excluding hydrogens is 282 g/mol. The van der Waals surface area contributed by atoms with Crippen molar-refractivity contribution in [2.75, 3.05) is 19.0 Å². The first-order valence-corrected chi connectivity index (χ1v) is 6.81. The van der Waals surface area contributed by atoms with Gasteiger partial charge >= 0.3 is 5.97 Å². The van der Waals surface area contributed by atoms with E-state index in [9.17, 15) is 4.79 Å². The third kappa shape index (κ3) is 4.94. The molecule has 1 aromatic rings. The molecule has 1 atom stereocenters. The number of halogens is 1. The summed E-state index contributed by atoms with van der Waals surface area (Å²) in [5.41, 5.74) is 0. The molecular formula is C13H20ClN3O3. The number of nitrogens with zero attached hydrogens (tertiary/aromatic N) is 2. The van der Waals surface area contributed by atoms with Crippen molar-refractivity contribution in [2.45, 2.75) is 33.4 Å². The molecule has 0 spiro atoms. The van der Waals surface area contributed by atoms with Gasteiger partial charge in [-0.3, -0.25) is 0 Å². The van der Waals surface area contributed by atoms with Crippen LogP contribution in [0.25, 0.3) is 0 Å². The van der Waals surface area contributed by atoms with Crippen LogP contribution < -0.4 is 5.32 Å². The van der Waals surface area contributed by atoms with Crippen LogP contribution in [0, 0.1) is 5.92 Å². The second-order valence-electron chi connectivity index (χ2n) is 4.52. The van der Waals surface area contributed by atoms with E-state index in [-0.39, 0.29) is 18.5 Å². The number of hydrogen-bond donors (Lipinski definition) is 1. The normalized spacial score (nSPS) is 12.3. The molecule has 0 bridgehead atoms. The first-order valence-electron chi connectivity index (χ1n) is 6.43. The summed E-state index contributed by atoms with van der Waals surface area (Å²) >= 11 is 5.94. The number of aromatic nitrogens is 2. The lowest BCUT2D eigenvalue weighted by Crippen LogP contribution is -2.35. The number of carbonyl (C=O) groups excluding carboxylic acids is 1. The zero-order chi connectivity index (χ0) is 15.1. The van der Waals surface area contributed by atoms with Crippen molar-refractivity contribution in [3.63, 3.8) is 0 Å². The lowest BCUT2D eigenvalue weighted by Gasteiger charge is -2.20. The fraction of sp³-hybridized carbons (Fsp3) is 0.615. The van der Waals surface area contributed by atoms with Crippen molar-refractivity contribution in [1.29, 1.82) is 0 Å². The summed E-state index contributed by atoms with van der Waals surface area (Å²) in [6.45, 7) is 6.55. The molecule has 1 N–H and O–H groups in total. The van der Waals surface area contributed by atoms with Crippen molar-refractivity contribution < 1.29 is 14.3 Å². The number of anilines is 1. The van der Waals surface area contributed by atoms with Crippen molar-refractivity contribution >= 4 is 23.4 Å². The zero-order valence-corrected chi connectivity index (χ0v) is 12.9. The maximum absolute atomic E-state index is 11.7. The molecule has 0 amide bonds. The van der Waals surface area contributed by atoms with Gasteiger partial charge in [-0.05, 0) is 12.8 Å². The van der Waals surface area contributed by atoms with Crippen LogP contribution in [0.2, 0.25) is 5.15 Å². The molecule has 7 heteroatoms. The molecule has 0 saturated heterocycles. The Morgan fingerprint density at radius 3 is 2.70 bits per heavy atom. The quantitative estimate of drug-likeness (QED) is 0.615. The predicted octanol–water partition coefficient (Wildman–Crippen LogP) is 2.28. The monoisotopic (exact) mass is 301 g/mol. The Labute approximate surface area is 123 Å². The Morgan fingerprint density at radius 1 is 1.45 bits per heavy atom. The zero-order valence-electron chi connectivity index (χ0n) is 12.1. The number of carbonyl (C=O) groups is 1. The van der Waals surface area contributed by atoms with Gasteiger partial charge in [0.25, 0.3) is 0 Å². The molecule has 0 aliphatic rings. The van der Waals surface area contributed by atoms with Gasteiger partial charge in [-0.1, -0.05) is 25.4 Å². The van der Waals surface area contributed by atoms with Gasteiger partial charge in [-0.15, -0.1) is 0 Å². The van der Waals surface area contributed by atoms with Gasteiger partial charge in [0.2, 0.25) is 0 Å². The molecule has 20 heavy (non-hydrogen) atoms. The maximum Gasteiger partial charge on any atom is 0.328 e. The highest BCUT2D eigenvalue weighted by Gasteiger charge is 2.23.